The van der Waals surface area contributed by atoms with Crippen LogP contribution >= 0.6 is 11.3 Å². The first-order valence-corrected chi connectivity index (χ1v) is 13.4. The normalized spacial score (nSPS) is 17.5. The van der Waals surface area contributed by atoms with Gasteiger partial charge in [0.25, 0.3) is 5.91 Å². The van der Waals surface area contributed by atoms with Crippen molar-refractivity contribution in [2.45, 2.75) is 95.9 Å². The fraction of sp³-hybridized carbons (Fsp3) is 0.577. The van der Waals surface area contributed by atoms with Gasteiger partial charge in [-0.1, -0.05) is 83.1 Å². The fourth-order valence-corrected chi connectivity index (χ4v) is 5.32. The monoisotopic (exact) mass is 471 g/mol. The van der Waals surface area contributed by atoms with Crippen molar-refractivity contribution in [1.29, 1.82) is 0 Å². The van der Waals surface area contributed by atoms with Gasteiger partial charge in [0.05, 0.1) is 11.3 Å². The Kier molecular flexibility index (Phi) is 10.7. The molecule has 33 heavy (non-hydrogen) atoms. The topological polar surface area (TPSA) is 91.3 Å². The summed E-state index contributed by atoms with van der Waals surface area (Å²) in [7, 11) is 0. The third-order valence-corrected chi connectivity index (χ3v) is 7.28. The van der Waals surface area contributed by atoms with Crippen LogP contribution in [0.3, 0.4) is 0 Å². The van der Waals surface area contributed by atoms with Gasteiger partial charge in [0.15, 0.2) is 0 Å². The second kappa shape index (κ2) is 14.0. The van der Waals surface area contributed by atoms with E-state index in [1.807, 2.05) is 0 Å². The molecule has 1 fully saturated rings. The summed E-state index contributed by atoms with van der Waals surface area (Å²) in [4.78, 5) is 28.2. The highest BCUT2D eigenvalue weighted by Crippen LogP contribution is 2.36. The summed E-state index contributed by atoms with van der Waals surface area (Å²) in [5.74, 6) is -0.199. The fourth-order valence-electron chi connectivity index (χ4n) is 4.50. The predicted octanol–water partition coefficient (Wildman–Crippen LogP) is 6.66. The third-order valence-electron chi connectivity index (χ3n) is 6.41. The number of nitrogens with one attached hydrogen (secondary N) is 2. The highest BCUT2D eigenvalue weighted by atomic mass is 32.1. The molecule has 1 saturated carbocycles. The second-order valence-electron chi connectivity index (χ2n) is 8.99. The molecule has 0 radical (unpaired) electrons. The molecule has 2 amide bonds. The van der Waals surface area contributed by atoms with Crippen LogP contribution < -0.4 is 10.6 Å². The average molecular weight is 472 g/mol. The minimum absolute atomic E-state index is 0.0484. The van der Waals surface area contributed by atoms with Crippen molar-refractivity contribution in [1.82, 2.24) is 10.3 Å². The van der Waals surface area contributed by atoms with Gasteiger partial charge in [0.2, 0.25) is 6.41 Å². The maximum Gasteiger partial charge on any atom is 0.270 e. The number of carbonyl (C=O) groups excluding carboxylic acids is 2. The smallest absolute Gasteiger partial charge is 0.270 e. The van der Waals surface area contributed by atoms with Crippen LogP contribution in [0.25, 0.3) is 10.6 Å². The number of amides is 2. The standard InChI is InChI=1S/C26H37N3O3S/c30-19-27-22-17-13-16-21(24(22)31)26-29-23(18-33-26)25(32)28-20-14-11-9-7-5-3-1-2-4-6-8-10-12-15-20/h13,16-20,31H,1-12,14-15H2,(H,27,30)(H,28,32). The van der Waals surface area contributed by atoms with Crippen molar-refractivity contribution >= 4 is 29.3 Å². The summed E-state index contributed by atoms with van der Waals surface area (Å²) >= 11 is 1.31. The number of anilines is 1. The lowest BCUT2D eigenvalue weighted by atomic mass is 10.0. The molecule has 0 bridgehead atoms. The summed E-state index contributed by atoms with van der Waals surface area (Å²) in [6.45, 7) is 0. The zero-order chi connectivity index (χ0) is 23.3. The lowest BCUT2D eigenvalue weighted by Crippen LogP contribution is -2.35. The number of carbonyl (C=O) groups is 2. The molecule has 2 aromatic rings. The molecule has 3 rings (SSSR count). The zero-order valence-corrected chi connectivity index (χ0v) is 20.3. The first-order chi connectivity index (χ1) is 16.2. The van der Waals surface area contributed by atoms with Gasteiger partial charge in [-0.15, -0.1) is 11.3 Å². The van der Waals surface area contributed by atoms with Crippen LogP contribution in [0, 0.1) is 0 Å². The molecular weight excluding hydrogens is 434 g/mol. The number of hydrogen-bond acceptors (Lipinski definition) is 5. The predicted molar refractivity (Wildman–Crippen MR) is 135 cm³/mol. The Hall–Kier alpha value is -2.41. The summed E-state index contributed by atoms with van der Waals surface area (Å²) < 4.78 is 0. The average Bonchev–Trinajstić information content (AvgIpc) is 3.30. The van der Waals surface area contributed by atoms with Crippen LogP contribution in [0.15, 0.2) is 23.6 Å². The van der Waals surface area contributed by atoms with Gasteiger partial charge in [0.1, 0.15) is 16.5 Å². The van der Waals surface area contributed by atoms with E-state index in [0.717, 1.165) is 25.7 Å². The third kappa shape index (κ3) is 8.14. The number of nitrogens with zero attached hydrogens (tertiary/aromatic N) is 1. The molecule has 1 aliphatic carbocycles. The van der Waals surface area contributed by atoms with E-state index >= 15 is 0 Å². The molecule has 0 atom stereocenters. The van der Waals surface area contributed by atoms with Crippen molar-refractivity contribution in [2.24, 2.45) is 0 Å². The molecule has 0 saturated heterocycles. The van der Waals surface area contributed by atoms with Crippen LogP contribution in [-0.4, -0.2) is 28.4 Å². The molecule has 6 nitrogen and oxygen atoms in total. The number of rotatable bonds is 5. The number of phenols is 1. The largest absolute Gasteiger partial charge is 0.505 e. The van der Waals surface area contributed by atoms with E-state index in [0.29, 0.717) is 28.4 Å². The van der Waals surface area contributed by atoms with Gasteiger partial charge in [-0.3, -0.25) is 9.59 Å². The van der Waals surface area contributed by atoms with E-state index in [4.69, 9.17) is 0 Å². The Morgan fingerprint density at radius 2 is 1.52 bits per heavy atom. The van der Waals surface area contributed by atoms with Crippen LogP contribution in [0.1, 0.15) is 100 Å². The molecule has 1 aromatic carbocycles. The molecule has 1 heterocycles. The Morgan fingerprint density at radius 1 is 0.939 bits per heavy atom. The van der Waals surface area contributed by atoms with Crippen molar-refractivity contribution in [3.8, 4) is 16.3 Å². The van der Waals surface area contributed by atoms with E-state index in [-0.39, 0.29) is 17.7 Å². The van der Waals surface area contributed by atoms with Crippen LogP contribution in [0.4, 0.5) is 5.69 Å². The zero-order valence-electron chi connectivity index (χ0n) is 19.5. The van der Waals surface area contributed by atoms with E-state index in [1.165, 1.54) is 75.5 Å². The Labute approximate surface area is 201 Å². The lowest BCUT2D eigenvalue weighted by Gasteiger charge is -2.18. The number of hydrogen-bond donors (Lipinski definition) is 3. The summed E-state index contributed by atoms with van der Waals surface area (Å²) in [6, 6.07) is 5.26. The van der Waals surface area contributed by atoms with E-state index in [1.54, 1.807) is 23.6 Å². The SMILES string of the molecule is O=CNc1cccc(-c2nc(C(=O)NC3CCCCCCCCCCCCCC3)cs2)c1O. The van der Waals surface area contributed by atoms with Crippen molar-refractivity contribution in [2.75, 3.05) is 5.32 Å². The Balaban J connectivity index is 1.61. The van der Waals surface area contributed by atoms with Gasteiger partial charge in [-0.25, -0.2) is 4.98 Å². The summed E-state index contributed by atoms with van der Waals surface area (Å²) in [5.41, 5.74) is 1.19. The van der Waals surface area contributed by atoms with Crippen molar-refractivity contribution in [3.63, 3.8) is 0 Å². The maximum atomic E-state index is 12.9. The van der Waals surface area contributed by atoms with E-state index in [2.05, 4.69) is 15.6 Å². The molecular formula is C26H37N3O3S. The van der Waals surface area contributed by atoms with Gasteiger partial charge < -0.3 is 15.7 Å². The van der Waals surface area contributed by atoms with E-state index in [9.17, 15) is 14.7 Å². The summed E-state index contributed by atoms with van der Waals surface area (Å²) in [5, 5.41) is 18.4. The summed E-state index contributed by atoms with van der Waals surface area (Å²) in [6.07, 6.45) is 18.0. The quantitative estimate of drug-likeness (QED) is 0.336. The molecule has 3 N–H and O–H groups in total. The number of aromatic hydroxyl groups is 1. The van der Waals surface area contributed by atoms with Crippen LogP contribution in [0.5, 0.6) is 5.75 Å². The number of para-hydroxylation sites is 1. The molecule has 0 aliphatic heterocycles. The Morgan fingerprint density at radius 3 is 2.09 bits per heavy atom. The second-order valence-corrected chi connectivity index (χ2v) is 9.85. The number of thiazole rings is 1. The van der Waals surface area contributed by atoms with Gasteiger partial charge in [-0.05, 0) is 25.0 Å². The van der Waals surface area contributed by atoms with Crippen molar-refractivity contribution < 1.29 is 14.7 Å². The molecule has 7 heteroatoms. The Bertz CT molecular complexity index is 867. The molecule has 1 aliphatic rings. The molecule has 0 spiro atoms. The van der Waals surface area contributed by atoms with E-state index < -0.39 is 0 Å². The number of aromatic nitrogens is 1. The molecule has 1 aromatic heterocycles. The lowest BCUT2D eigenvalue weighted by molar-refractivity contribution is -0.105. The number of phenolic OH excluding ortho intramolecular Hbond substituents is 1. The van der Waals surface area contributed by atoms with Gasteiger partial charge in [-0.2, -0.15) is 0 Å². The van der Waals surface area contributed by atoms with Crippen LogP contribution in [-0.2, 0) is 4.79 Å². The van der Waals surface area contributed by atoms with Crippen LogP contribution in [0.2, 0.25) is 0 Å². The molecule has 0 unspecified atom stereocenters. The first-order valence-electron chi connectivity index (χ1n) is 12.5. The minimum Gasteiger partial charge on any atom is -0.505 e. The highest BCUT2D eigenvalue weighted by molar-refractivity contribution is 7.13. The van der Waals surface area contributed by atoms with Crippen molar-refractivity contribution in [3.05, 3.63) is 29.3 Å². The minimum atomic E-state index is -0.151. The number of benzene rings is 1. The van der Waals surface area contributed by atoms with Gasteiger partial charge >= 0.3 is 0 Å². The van der Waals surface area contributed by atoms with Gasteiger partial charge in [0, 0.05) is 11.4 Å². The molecule has 180 valence electrons. The first kappa shape index (κ1) is 25.2. The maximum absolute atomic E-state index is 12.9. The highest BCUT2D eigenvalue weighted by Gasteiger charge is 2.18.